The topological polar surface area (TPSA) is 54.0 Å². The highest BCUT2D eigenvalue weighted by Gasteiger charge is 2.23. The molecule has 40 heavy (non-hydrogen) atoms. The third kappa shape index (κ3) is 19.6. The molecule has 2 rings (SSSR count). The maximum Gasteiger partial charge on any atom is 0.508 e. The van der Waals surface area contributed by atoms with Gasteiger partial charge in [0.25, 0.3) is 5.95 Å². The molecule has 0 bridgehead atoms. The van der Waals surface area contributed by atoms with Crippen molar-refractivity contribution in [3.05, 3.63) is 61.1 Å². The number of ether oxygens (including phenoxy) is 4. The molecule has 2 saturated heterocycles. The van der Waals surface area contributed by atoms with Gasteiger partial charge in [-0.05, 0) is 83.6 Å². The summed E-state index contributed by atoms with van der Waals surface area (Å²) in [7, 11) is 0. The second-order valence-corrected chi connectivity index (χ2v) is 11.1. The SMILES string of the molecule is C=C1OCC(C/C=C/CCCCCC/C=C/CCCCCC/C=C/CCCCCC/C=C/CC2COC(=O)O2)O1. The van der Waals surface area contributed by atoms with Gasteiger partial charge in [-0.15, -0.1) is 0 Å². The molecule has 0 aliphatic carbocycles. The van der Waals surface area contributed by atoms with Crippen LogP contribution in [0.2, 0.25) is 0 Å². The normalized spacial score (nSPS) is 19.3. The summed E-state index contributed by atoms with van der Waals surface area (Å²) in [6, 6.07) is 0. The summed E-state index contributed by atoms with van der Waals surface area (Å²) in [6.45, 7) is 4.70. The predicted molar refractivity (Wildman–Crippen MR) is 165 cm³/mol. The monoisotopic (exact) mass is 556 g/mol. The molecule has 0 aromatic rings. The Morgan fingerprint density at radius 2 is 0.850 bits per heavy atom. The molecule has 0 aromatic carbocycles. The van der Waals surface area contributed by atoms with Crippen molar-refractivity contribution >= 4 is 6.16 Å². The van der Waals surface area contributed by atoms with Crippen molar-refractivity contribution in [2.75, 3.05) is 13.2 Å². The van der Waals surface area contributed by atoms with Crippen LogP contribution in [0.5, 0.6) is 0 Å². The van der Waals surface area contributed by atoms with Crippen molar-refractivity contribution < 1.29 is 23.7 Å². The molecule has 0 aromatic heterocycles. The summed E-state index contributed by atoms with van der Waals surface area (Å²) in [5, 5.41) is 0. The molecule has 2 aliphatic heterocycles. The number of carbonyl (C=O) groups is 1. The molecule has 0 radical (unpaired) electrons. The second-order valence-electron chi connectivity index (χ2n) is 11.1. The molecule has 2 unspecified atom stereocenters. The molecule has 0 N–H and O–H groups in total. The average molecular weight is 557 g/mol. The lowest BCUT2D eigenvalue weighted by molar-refractivity contribution is 0.118. The predicted octanol–water partition coefficient (Wildman–Crippen LogP) is 10.4. The van der Waals surface area contributed by atoms with Gasteiger partial charge in [-0.3, -0.25) is 0 Å². The van der Waals surface area contributed by atoms with Crippen molar-refractivity contribution in [1.82, 2.24) is 0 Å². The van der Waals surface area contributed by atoms with Gasteiger partial charge in [0.15, 0.2) is 0 Å². The van der Waals surface area contributed by atoms with Crippen LogP contribution in [0.1, 0.15) is 128 Å². The molecular weight excluding hydrogens is 500 g/mol. The van der Waals surface area contributed by atoms with E-state index < -0.39 is 6.16 Å². The van der Waals surface area contributed by atoms with Gasteiger partial charge in [0, 0.05) is 12.8 Å². The van der Waals surface area contributed by atoms with Gasteiger partial charge >= 0.3 is 6.16 Å². The van der Waals surface area contributed by atoms with Gasteiger partial charge in [-0.1, -0.05) is 87.1 Å². The molecule has 0 spiro atoms. The minimum absolute atomic E-state index is 0.0886. The summed E-state index contributed by atoms with van der Waals surface area (Å²) in [5.74, 6) is 0.464. The lowest BCUT2D eigenvalue weighted by Crippen LogP contribution is -2.07. The van der Waals surface area contributed by atoms with Crippen LogP contribution in [-0.4, -0.2) is 31.6 Å². The summed E-state index contributed by atoms with van der Waals surface area (Å²) in [6.07, 6.45) is 42.5. The van der Waals surface area contributed by atoms with E-state index in [0.29, 0.717) is 19.2 Å². The molecular formula is C35H56O5. The van der Waals surface area contributed by atoms with Crippen LogP contribution >= 0.6 is 0 Å². The number of carbonyl (C=O) groups excluding carboxylic acids is 1. The Labute approximate surface area is 244 Å². The Hall–Kier alpha value is -2.43. The number of cyclic esters (lactones) is 2. The van der Waals surface area contributed by atoms with Crippen LogP contribution in [-0.2, 0) is 18.9 Å². The van der Waals surface area contributed by atoms with Gasteiger partial charge < -0.3 is 18.9 Å². The van der Waals surface area contributed by atoms with Crippen LogP contribution in [0.3, 0.4) is 0 Å². The van der Waals surface area contributed by atoms with E-state index in [9.17, 15) is 4.79 Å². The van der Waals surface area contributed by atoms with Gasteiger partial charge in [0.05, 0.1) is 0 Å². The van der Waals surface area contributed by atoms with E-state index >= 15 is 0 Å². The zero-order valence-electron chi connectivity index (χ0n) is 25.1. The third-order valence-corrected chi connectivity index (χ3v) is 7.32. The lowest BCUT2D eigenvalue weighted by atomic mass is 10.1. The molecule has 0 amide bonds. The van der Waals surface area contributed by atoms with Crippen molar-refractivity contribution in [2.45, 2.75) is 141 Å². The van der Waals surface area contributed by atoms with E-state index in [1.165, 1.54) is 109 Å². The largest absolute Gasteiger partial charge is 0.508 e. The van der Waals surface area contributed by atoms with Crippen molar-refractivity contribution in [3.63, 3.8) is 0 Å². The first kappa shape index (κ1) is 33.8. The zero-order chi connectivity index (χ0) is 28.4. The highest BCUT2D eigenvalue weighted by atomic mass is 16.8. The average Bonchev–Trinajstić information content (AvgIpc) is 3.57. The fourth-order valence-corrected chi connectivity index (χ4v) is 4.87. The standard InChI is InChI=1S/C35H56O5/c1-32-37-30-33(39-32)28-26-24-22-20-18-16-14-12-10-8-6-4-2-3-5-7-9-11-13-15-17-19-21-23-25-27-29-34-31-38-35(36)40-34/h8-11,24-27,33-34H,1-7,12-23,28-31H2/b10-8+,11-9+,26-24+,27-25+. The second kappa shape index (κ2) is 24.4. The van der Waals surface area contributed by atoms with E-state index in [2.05, 4.69) is 55.2 Å². The van der Waals surface area contributed by atoms with E-state index in [4.69, 9.17) is 18.9 Å². The Balaban J connectivity index is 1.21. The maximum atomic E-state index is 10.8. The summed E-state index contributed by atoms with van der Waals surface area (Å²) < 4.78 is 20.4. The molecule has 5 heteroatoms. The summed E-state index contributed by atoms with van der Waals surface area (Å²) in [4.78, 5) is 10.8. The van der Waals surface area contributed by atoms with E-state index in [1.807, 2.05) is 0 Å². The van der Waals surface area contributed by atoms with E-state index in [0.717, 1.165) is 19.3 Å². The molecule has 2 fully saturated rings. The van der Waals surface area contributed by atoms with E-state index in [1.54, 1.807) is 0 Å². The van der Waals surface area contributed by atoms with Crippen molar-refractivity contribution in [3.8, 4) is 0 Å². The first-order valence-corrected chi connectivity index (χ1v) is 16.2. The highest BCUT2D eigenvalue weighted by molar-refractivity contribution is 5.61. The maximum absolute atomic E-state index is 10.8. The van der Waals surface area contributed by atoms with Gasteiger partial charge in [0.2, 0.25) is 0 Å². The first-order valence-electron chi connectivity index (χ1n) is 16.2. The van der Waals surface area contributed by atoms with Crippen LogP contribution < -0.4 is 0 Å². The minimum Gasteiger partial charge on any atom is -0.462 e. The first-order chi connectivity index (χ1) is 19.7. The van der Waals surface area contributed by atoms with Gasteiger partial charge in [-0.2, -0.15) is 0 Å². The van der Waals surface area contributed by atoms with Gasteiger partial charge in [0.1, 0.15) is 25.4 Å². The van der Waals surface area contributed by atoms with Crippen LogP contribution in [0.15, 0.2) is 61.1 Å². The molecule has 2 atom stereocenters. The molecule has 226 valence electrons. The Morgan fingerprint density at radius 3 is 1.18 bits per heavy atom. The fourth-order valence-electron chi connectivity index (χ4n) is 4.87. The Bertz CT molecular complexity index is 702. The lowest BCUT2D eigenvalue weighted by Gasteiger charge is -2.02. The smallest absolute Gasteiger partial charge is 0.462 e. The summed E-state index contributed by atoms with van der Waals surface area (Å²) in [5.41, 5.74) is 0. The Kier molecular flexibility index (Phi) is 20.6. The van der Waals surface area contributed by atoms with E-state index in [-0.39, 0.29) is 12.2 Å². The van der Waals surface area contributed by atoms with Crippen LogP contribution in [0.25, 0.3) is 0 Å². The number of unbranched alkanes of at least 4 members (excludes halogenated alkanes) is 15. The van der Waals surface area contributed by atoms with Crippen LogP contribution in [0.4, 0.5) is 4.79 Å². The molecule has 0 saturated carbocycles. The highest BCUT2D eigenvalue weighted by Crippen LogP contribution is 2.16. The number of hydrogen-bond donors (Lipinski definition) is 0. The number of hydrogen-bond acceptors (Lipinski definition) is 5. The van der Waals surface area contributed by atoms with Crippen molar-refractivity contribution in [2.24, 2.45) is 0 Å². The molecule has 2 aliphatic rings. The summed E-state index contributed by atoms with van der Waals surface area (Å²) >= 11 is 0. The van der Waals surface area contributed by atoms with Gasteiger partial charge in [-0.25, -0.2) is 4.79 Å². The third-order valence-electron chi connectivity index (χ3n) is 7.32. The zero-order valence-corrected chi connectivity index (χ0v) is 25.1. The minimum atomic E-state index is -0.532. The fraction of sp³-hybridized carbons (Fsp3) is 0.686. The quantitative estimate of drug-likeness (QED) is 0.0636. The van der Waals surface area contributed by atoms with Crippen molar-refractivity contribution in [1.29, 1.82) is 0 Å². The van der Waals surface area contributed by atoms with Crippen LogP contribution in [0, 0.1) is 0 Å². The number of rotatable bonds is 25. The number of allylic oxidation sites excluding steroid dienone is 6. The Morgan fingerprint density at radius 1 is 0.500 bits per heavy atom. The molecule has 2 heterocycles. The molecule has 5 nitrogen and oxygen atoms in total.